The lowest BCUT2D eigenvalue weighted by Crippen LogP contribution is -2.73. The van der Waals surface area contributed by atoms with Gasteiger partial charge < -0.3 is 9.84 Å². The van der Waals surface area contributed by atoms with Crippen LogP contribution in [0.5, 0.6) is 5.75 Å². The molecule has 2 atom stereocenters. The average molecular weight is 314 g/mol. The highest BCUT2D eigenvalue weighted by atomic mass is 16.5. The Bertz CT molecular complexity index is 820. The molecule has 3 rings (SSSR count). The highest BCUT2D eigenvalue weighted by Gasteiger charge is 2.63. The molecule has 0 amide bonds. The summed E-state index contributed by atoms with van der Waals surface area (Å²) in [7, 11) is 1.67. The number of rotatable bonds is 1. The molecular formula is C15H18N6O2. The standard InChI is InChI=1S/C15H18N6O2/c1-13(2)15(17,22)14(3,12-18-19-20-21(12)4)10-7-9(8-16)5-6-11(10)23-13/h5-7,22H,17H2,1-4H3. The maximum Gasteiger partial charge on any atom is 0.170 e. The number of fused-ring (bicyclic) bond motifs is 1. The first-order valence-electron chi connectivity index (χ1n) is 7.13. The van der Waals surface area contributed by atoms with Gasteiger partial charge in [-0.2, -0.15) is 5.26 Å². The average Bonchev–Trinajstić information content (AvgIpc) is 2.91. The number of tetrazole rings is 1. The zero-order chi connectivity index (χ0) is 17.0. The molecule has 8 heteroatoms. The second kappa shape index (κ2) is 4.50. The van der Waals surface area contributed by atoms with Gasteiger partial charge in [0.1, 0.15) is 16.8 Å². The summed E-state index contributed by atoms with van der Waals surface area (Å²) in [5.74, 6) is 0.921. The third kappa shape index (κ3) is 1.81. The fraction of sp³-hybridized carbons (Fsp3) is 0.467. The number of nitrogens with two attached hydrogens (primary N) is 1. The first kappa shape index (κ1) is 15.4. The quantitative estimate of drug-likeness (QED) is 0.721. The van der Waals surface area contributed by atoms with Crippen LogP contribution in [0, 0.1) is 11.3 Å². The minimum Gasteiger partial charge on any atom is -0.483 e. The molecule has 0 radical (unpaired) electrons. The van der Waals surface area contributed by atoms with Crippen molar-refractivity contribution in [1.29, 1.82) is 5.26 Å². The van der Waals surface area contributed by atoms with Crippen molar-refractivity contribution in [3.05, 3.63) is 35.2 Å². The molecule has 1 aromatic heterocycles. The van der Waals surface area contributed by atoms with Crippen LogP contribution < -0.4 is 10.5 Å². The van der Waals surface area contributed by atoms with Crippen molar-refractivity contribution in [3.63, 3.8) is 0 Å². The van der Waals surface area contributed by atoms with Gasteiger partial charge in [0.05, 0.1) is 11.6 Å². The van der Waals surface area contributed by atoms with E-state index < -0.39 is 16.7 Å². The highest BCUT2D eigenvalue weighted by molar-refractivity contribution is 5.53. The van der Waals surface area contributed by atoms with Crippen molar-refractivity contribution < 1.29 is 9.84 Å². The third-order valence-electron chi connectivity index (χ3n) is 4.76. The maximum absolute atomic E-state index is 11.2. The van der Waals surface area contributed by atoms with Crippen molar-refractivity contribution in [2.24, 2.45) is 12.8 Å². The Hall–Kier alpha value is -2.50. The molecule has 1 aliphatic rings. The molecule has 3 N–H and O–H groups in total. The van der Waals surface area contributed by atoms with Crippen LogP contribution in [0.25, 0.3) is 0 Å². The maximum atomic E-state index is 11.2. The Morgan fingerprint density at radius 1 is 1.35 bits per heavy atom. The van der Waals surface area contributed by atoms with E-state index in [0.29, 0.717) is 22.7 Å². The van der Waals surface area contributed by atoms with Crippen LogP contribution in [0.1, 0.15) is 37.7 Å². The largest absolute Gasteiger partial charge is 0.483 e. The van der Waals surface area contributed by atoms with Gasteiger partial charge in [0, 0.05) is 12.6 Å². The first-order valence-corrected chi connectivity index (χ1v) is 7.13. The molecule has 2 heterocycles. The van der Waals surface area contributed by atoms with E-state index in [1.54, 1.807) is 46.0 Å². The molecule has 0 aliphatic carbocycles. The number of nitriles is 1. The molecule has 2 unspecified atom stereocenters. The minimum absolute atomic E-state index is 0.384. The van der Waals surface area contributed by atoms with Crippen LogP contribution in [0.4, 0.5) is 0 Å². The normalized spacial score (nSPS) is 28.6. The Balaban J connectivity index is 2.40. The number of aromatic nitrogens is 4. The summed E-state index contributed by atoms with van der Waals surface area (Å²) in [6, 6.07) is 7.10. The number of benzene rings is 1. The van der Waals surface area contributed by atoms with Crippen molar-refractivity contribution in [1.82, 2.24) is 20.2 Å². The van der Waals surface area contributed by atoms with Crippen molar-refractivity contribution in [3.8, 4) is 11.8 Å². The summed E-state index contributed by atoms with van der Waals surface area (Å²) in [6.45, 7) is 5.16. The summed E-state index contributed by atoms with van der Waals surface area (Å²) in [6.07, 6.45) is 0. The van der Waals surface area contributed by atoms with Gasteiger partial charge in [-0.25, -0.2) is 4.68 Å². The highest BCUT2D eigenvalue weighted by Crippen LogP contribution is 2.51. The number of aryl methyl sites for hydroxylation is 1. The Morgan fingerprint density at radius 3 is 2.61 bits per heavy atom. The number of hydrogen-bond donors (Lipinski definition) is 2. The number of aliphatic hydroxyl groups is 1. The molecule has 1 aliphatic heterocycles. The summed E-state index contributed by atoms with van der Waals surface area (Å²) in [5.41, 5.74) is 3.25. The number of hydrogen-bond acceptors (Lipinski definition) is 7. The van der Waals surface area contributed by atoms with E-state index in [4.69, 9.17) is 10.5 Å². The minimum atomic E-state index is -1.82. The van der Waals surface area contributed by atoms with Crippen LogP contribution in [0.3, 0.4) is 0 Å². The predicted octanol–water partition coefficient (Wildman–Crippen LogP) is 0.206. The van der Waals surface area contributed by atoms with Crippen LogP contribution in [-0.2, 0) is 12.5 Å². The molecule has 120 valence electrons. The molecule has 8 nitrogen and oxygen atoms in total. The van der Waals surface area contributed by atoms with Gasteiger partial charge in [-0.3, -0.25) is 5.73 Å². The van der Waals surface area contributed by atoms with Crippen molar-refractivity contribution >= 4 is 0 Å². The van der Waals surface area contributed by atoms with Crippen LogP contribution in [0.2, 0.25) is 0 Å². The first-order chi connectivity index (χ1) is 10.6. The lowest BCUT2D eigenvalue weighted by atomic mass is 9.64. The SMILES string of the molecule is Cn1nnnc1C1(C)c2cc(C#N)ccc2OC(C)(C)C1(N)O. The molecule has 0 saturated carbocycles. The Morgan fingerprint density at radius 2 is 2.04 bits per heavy atom. The summed E-state index contributed by atoms with van der Waals surface area (Å²) in [4.78, 5) is 0. The van der Waals surface area contributed by atoms with Gasteiger partial charge in [0.2, 0.25) is 0 Å². The Labute approximate surface area is 133 Å². The van der Waals surface area contributed by atoms with Gasteiger partial charge in [0.15, 0.2) is 11.5 Å². The zero-order valence-electron chi connectivity index (χ0n) is 13.4. The molecule has 0 spiro atoms. The van der Waals surface area contributed by atoms with E-state index in [0.717, 1.165) is 0 Å². The lowest BCUT2D eigenvalue weighted by Gasteiger charge is -2.54. The van der Waals surface area contributed by atoms with Crippen LogP contribution in [-0.4, -0.2) is 36.6 Å². The topological polar surface area (TPSA) is 123 Å². The molecule has 0 saturated heterocycles. The van der Waals surface area contributed by atoms with Gasteiger partial charge in [-0.05, 0) is 49.4 Å². The molecule has 1 aromatic carbocycles. The fourth-order valence-electron chi connectivity index (χ4n) is 3.18. The number of ether oxygens (including phenoxy) is 1. The van der Waals surface area contributed by atoms with Crippen LogP contribution in [0.15, 0.2) is 18.2 Å². The summed E-state index contributed by atoms with van der Waals surface area (Å²) >= 11 is 0. The van der Waals surface area contributed by atoms with E-state index in [-0.39, 0.29) is 0 Å². The van der Waals surface area contributed by atoms with E-state index >= 15 is 0 Å². The van der Waals surface area contributed by atoms with Crippen LogP contribution >= 0.6 is 0 Å². The lowest BCUT2D eigenvalue weighted by molar-refractivity contribution is -0.162. The summed E-state index contributed by atoms with van der Waals surface area (Å²) < 4.78 is 7.37. The van der Waals surface area contributed by atoms with E-state index in [1.807, 2.05) is 0 Å². The van der Waals surface area contributed by atoms with E-state index in [9.17, 15) is 10.4 Å². The molecule has 0 fully saturated rings. The molecular weight excluding hydrogens is 296 g/mol. The van der Waals surface area contributed by atoms with E-state index in [1.165, 1.54) is 4.68 Å². The second-order valence-electron chi connectivity index (χ2n) is 6.45. The number of nitrogens with zero attached hydrogens (tertiary/aromatic N) is 5. The Kier molecular flexibility index (Phi) is 3.01. The monoisotopic (exact) mass is 314 g/mol. The zero-order valence-corrected chi connectivity index (χ0v) is 13.4. The molecule has 0 bridgehead atoms. The third-order valence-corrected chi connectivity index (χ3v) is 4.76. The summed E-state index contributed by atoms with van der Waals surface area (Å²) in [5, 5.41) is 31.9. The second-order valence-corrected chi connectivity index (χ2v) is 6.45. The molecule has 23 heavy (non-hydrogen) atoms. The molecule has 2 aromatic rings. The van der Waals surface area contributed by atoms with Gasteiger partial charge >= 0.3 is 0 Å². The van der Waals surface area contributed by atoms with E-state index in [2.05, 4.69) is 21.6 Å². The van der Waals surface area contributed by atoms with Gasteiger partial charge in [0.25, 0.3) is 0 Å². The van der Waals surface area contributed by atoms with Crippen molar-refractivity contribution in [2.75, 3.05) is 0 Å². The van der Waals surface area contributed by atoms with Crippen molar-refractivity contribution in [2.45, 2.75) is 37.5 Å². The van der Waals surface area contributed by atoms with Gasteiger partial charge in [-0.1, -0.05) is 0 Å². The fourth-order valence-corrected chi connectivity index (χ4v) is 3.18. The van der Waals surface area contributed by atoms with Gasteiger partial charge in [-0.15, -0.1) is 5.10 Å². The predicted molar refractivity (Wildman–Crippen MR) is 80.3 cm³/mol. The smallest absolute Gasteiger partial charge is 0.170 e.